The third-order valence-electron chi connectivity index (χ3n) is 6.56. The Hall–Kier alpha value is -2.54. The number of amides is 1. The van der Waals surface area contributed by atoms with Crippen LogP contribution in [0, 0.1) is 0 Å². The zero-order chi connectivity index (χ0) is 21.8. The van der Waals surface area contributed by atoms with Crippen LogP contribution in [0.1, 0.15) is 50.9 Å². The first kappa shape index (κ1) is 21.7. The van der Waals surface area contributed by atoms with Gasteiger partial charge in [0.2, 0.25) is 5.91 Å². The predicted octanol–water partition coefficient (Wildman–Crippen LogP) is 3.70. The average Bonchev–Trinajstić information content (AvgIpc) is 3.38. The Morgan fingerprint density at radius 2 is 2.06 bits per heavy atom. The van der Waals surface area contributed by atoms with E-state index in [0.29, 0.717) is 49.2 Å². The van der Waals surface area contributed by atoms with Crippen LogP contribution in [0.2, 0.25) is 0 Å². The molecule has 168 valence electrons. The number of anilines is 1. The molecule has 2 aromatic rings. The van der Waals surface area contributed by atoms with Gasteiger partial charge < -0.3 is 19.5 Å². The van der Waals surface area contributed by atoms with Crippen molar-refractivity contribution in [2.75, 3.05) is 25.5 Å². The van der Waals surface area contributed by atoms with Crippen LogP contribution in [-0.4, -0.2) is 59.2 Å². The molecule has 4 rings (SSSR count). The summed E-state index contributed by atoms with van der Waals surface area (Å²) in [6.45, 7) is 6.89. The Bertz CT molecular complexity index is 881. The molecule has 2 aliphatic rings. The maximum absolute atomic E-state index is 13.4. The zero-order valence-corrected chi connectivity index (χ0v) is 18.8. The van der Waals surface area contributed by atoms with Crippen molar-refractivity contribution in [2.24, 2.45) is 0 Å². The van der Waals surface area contributed by atoms with Gasteiger partial charge in [0.1, 0.15) is 5.76 Å². The van der Waals surface area contributed by atoms with E-state index in [1.807, 2.05) is 4.90 Å². The number of para-hydroxylation sites is 1. The van der Waals surface area contributed by atoms with Crippen LogP contribution in [0.3, 0.4) is 0 Å². The number of rotatable bonds is 5. The lowest BCUT2D eigenvalue weighted by Crippen LogP contribution is -2.48. The van der Waals surface area contributed by atoms with Crippen molar-refractivity contribution in [2.45, 2.75) is 70.6 Å². The molecule has 31 heavy (non-hydrogen) atoms. The van der Waals surface area contributed by atoms with E-state index in [4.69, 9.17) is 9.26 Å². The highest BCUT2D eigenvalue weighted by Gasteiger charge is 2.36. The van der Waals surface area contributed by atoms with Crippen molar-refractivity contribution >= 4 is 11.6 Å². The van der Waals surface area contributed by atoms with E-state index in [-0.39, 0.29) is 5.91 Å². The molecule has 1 aromatic heterocycles. The normalized spacial score (nSPS) is 22.0. The number of aromatic nitrogens is 1. The van der Waals surface area contributed by atoms with E-state index < -0.39 is 0 Å². The topological polar surface area (TPSA) is 70.8 Å². The third kappa shape index (κ3) is 5.03. The van der Waals surface area contributed by atoms with Crippen molar-refractivity contribution in [3.8, 4) is 5.88 Å². The first-order valence-electron chi connectivity index (χ1n) is 11.4. The van der Waals surface area contributed by atoms with Gasteiger partial charge >= 0.3 is 0 Å². The number of methoxy groups -OCH3 is 1. The minimum atomic E-state index is 0.150. The monoisotopic (exact) mass is 426 g/mol. The second-order valence-electron chi connectivity index (χ2n) is 8.91. The second kappa shape index (κ2) is 9.73. The van der Waals surface area contributed by atoms with Crippen LogP contribution in [0.5, 0.6) is 5.88 Å². The fraction of sp³-hybridized carbons (Fsp3) is 0.583. The molecule has 0 saturated carbocycles. The molecule has 7 heteroatoms. The van der Waals surface area contributed by atoms with Crippen molar-refractivity contribution in [3.05, 3.63) is 41.7 Å². The summed E-state index contributed by atoms with van der Waals surface area (Å²) in [4.78, 5) is 18.0. The number of carbonyl (C=O) groups is 1. The number of benzene rings is 1. The van der Waals surface area contributed by atoms with Crippen LogP contribution < -0.4 is 10.1 Å². The standard InChI is InChI=1S/C24H34N4O3/c1-17(2)28-19-8-9-20(28)16-27(15-18-6-4-5-7-22(18)25-13-12-19)24(29)11-10-21-14-23(30-3)26-31-21/h4-7,14,17,19-20,25H,8-13,15-16H2,1-3H3/t19-,20+/m1/s1. The van der Waals surface area contributed by atoms with E-state index in [0.717, 1.165) is 31.6 Å². The minimum absolute atomic E-state index is 0.150. The zero-order valence-electron chi connectivity index (χ0n) is 18.8. The fourth-order valence-electron chi connectivity index (χ4n) is 5.12. The number of carbonyl (C=O) groups excluding carboxylic acids is 1. The van der Waals surface area contributed by atoms with Gasteiger partial charge in [0.05, 0.1) is 7.11 Å². The molecule has 7 nitrogen and oxygen atoms in total. The predicted molar refractivity (Wildman–Crippen MR) is 120 cm³/mol. The Labute approximate surface area is 184 Å². The quantitative estimate of drug-likeness (QED) is 0.786. The molecule has 3 heterocycles. The molecule has 1 amide bonds. The molecule has 2 bridgehead atoms. The lowest BCUT2D eigenvalue weighted by Gasteiger charge is -2.36. The Kier molecular flexibility index (Phi) is 6.80. The molecule has 0 radical (unpaired) electrons. The summed E-state index contributed by atoms with van der Waals surface area (Å²) in [5, 5.41) is 7.47. The van der Waals surface area contributed by atoms with E-state index in [1.54, 1.807) is 13.2 Å². The summed E-state index contributed by atoms with van der Waals surface area (Å²) in [6.07, 6.45) is 4.39. The van der Waals surface area contributed by atoms with Gasteiger partial charge in [-0.3, -0.25) is 9.69 Å². The Morgan fingerprint density at radius 3 is 2.84 bits per heavy atom. The molecule has 1 saturated heterocycles. The maximum Gasteiger partial charge on any atom is 0.254 e. The van der Waals surface area contributed by atoms with Crippen LogP contribution in [0.25, 0.3) is 0 Å². The number of nitrogens with zero attached hydrogens (tertiary/aromatic N) is 3. The van der Waals surface area contributed by atoms with Crippen molar-refractivity contribution in [3.63, 3.8) is 0 Å². The summed E-state index contributed by atoms with van der Waals surface area (Å²) in [6, 6.07) is 11.6. The Balaban J connectivity index is 1.54. The van der Waals surface area contributed by atoms with E-state index in [9.17, 15) is 4.79 Å². The highest BCUT2D eigenvalue weighted by molar-refractivity contribution is 5.76. The first-order valence-corrected chi connectivity index (χ1v) is 11.4. The van der Waals surface area contributed by atoms with Gasteiger partial charge in [0.15, 0.2) is 0 Å². The SMILES string of the molecule is COc1cc(CCC(=O)N2Cc3ccccc3NCC[C@H]3CC[C@@H](C2)N3C(C)C)on1. The number of hydrogen-bond acceptors (Lipinski definition) is 6. The second-order valence-corrected chi connectivity index (χ2v) is 8.91. The molecule has 1 aromatic carbocycles. The first-order chi connectivity index (χ1) is 15.0. The van der Waals surface area contributed by atoms with Crippen molar-refractivity contribution in [1.82, 2.24) is 15.0 Å². The lowest BCUT2D eigenvalue weighted by atomic mass is 10.1. The van der Waals surface area contributed by atoms with E-state index in [2.05, 4.69) is 53.5 Å². The van der Waals surface area contributed by atoms with E-state index >= 15 is 0 Å². The molecule has 1 N–H and O–H groups in total. The summed E-state index contributed by atoms with van der Waals surface area (Å²) in [5.41, 5.74) is 2.31. The van der Waals surface area contributed by atoms with Gasteiger partial charge in [-0.2, -0.15) is 0 Å². The van der Waals surface area contributed by atoms with Gasteiger partial charge in [0, 0.05) is 62.4 Å². The number of aryl methyl sites for hydroxylation is 1. The molecule has 1 fully saturated rings. The number of nitrogens with one attached hydrogen (secondary N) is 1. The highest BCUT2D eigenvalue weighted by atomic mass is 16.5. The molecule has 0 aliphatic carbocycles. The molecular weight excluding hydrogens is 392 g/mol. The largest absolute Gasteiger partial charge is 0.479 e. The van der Waals surface area contributed by atoms with Crippen LogP contribution in [0.15, 0.2) is 34.9 Å². The molecule has 0 spiro atoms. The molecule has 0 unspecified atom stereocenters. The van der Waals surface area contributed by atoms with Gasteiger partial charge in [-0.15, -0.1) is 0 Å². The van der Waals surface area contributed by atoms with Gasteiger partial charge in [-0.05, 0) is 49.9 Å². The number of fused-ring (bicyclic) bond motifs is 3. The third-order valence-corrected chi connectivity index (χ3v) is 6.56. The lowest BCUT2D eigenvalue weighted by molar-refractivity contribution is -0.132. The van der Waals surface area contributed by atoms with Crippen molar-refractivity contribution in [1.29, 1.82) is 0 Å². The van der Waals surface area contributed by atoms with Crippen LogP contribution >= 0.6 is 0 Å². The maximum atomic E-state index is 13.4. The summed E-state index contributed by atoms with van der Waals surface area (Å²) >= 11 is 0. The van der Waals surface area contributed by atoms with Gasteiger partial charge in [-0.25, -0.2) is 0 Å². The van der Waals surface area contributed by atoms with E-state index in [1.165, 1.54) is 12.0 Å². The van der Waals surface area contributed by atoms with Crippen LogP contribution in [0.4, 0.5) is 5.69 Å². The van der Waals surface area contributed by atoms with Gasteiger partial charge in [-0.1, -0.05) is 18.2 Å². The summed E-state index contributed by atoms with van der Waals surface area (Å²) in [5.74, 6) is 1.27. The summed E-state index contributed by atoms with van der Waals surface area (Å²) in [7, 11) is 1.56. The van der Waals surface area contributed by atoms with Crippen LogP contribution in [-0.2, 0) is 17.8 Å². The highest BCUT2D eigenvalue weighted by Crippen LogP contribution is 2.31. The smallest absolute Gasteiger partial charge is 0.254 e. The summed E-state index contributed by atoms with van der Waals surface area (Å²) < 4.78 is 10.4. The molecule has 2 aliphatic heterocycles. The van der Waals surface area contributed by atoms with Gasteiger partial charge in [0.25, 0.3) is 5.88 Å². The van der Waals surface area contributed by atoms with Crippen molar-refractivity contribution < 1.29 is 14.1 Å². The average molecular weight is 427 g/mol. The number of ether oxygens (including phenoxy) is 1. The molecule has 2 atom stereocenters. The Morgan fingerprint density at radius 1 is 1.26 bits per heavy atom. The molecular formula is C24H34N4O3. The minimum Gasteiger partial charge on any atom is -0.479 e. The fourth-order valence-corrected chi connectivity index (χ4v) is 5.12. The number of hydrogen-bond donors (Lipinski definition) is 1.